The summed E-state index contributed by atoms with van der Waals surface area (Å²) in [6.45, 7) is 2.10. The van der Waals surface area contributed by atoms with Crippen LogP contribution in [0, 0.1) is 5.92 Å². The van der Waals surface area contributed by atoms with Crippen LogP contribution in [0.3, 0.4) is 0 Å². The third kappa shape index (κ3) is 7.86. The van der Waals surface area contributed by atoms with E-state index in [0.29, 0.717) is 18.1 Å². The van der Waals surface area contributed by atoms with Crippen molar-refractivity contribution in [3.05, 3.63) is 0 Å². The molecule has 0 aromatic rings. The van der Waals surface area contributed by atoms with E-state index >= 15 is 0 Å². The predicted molar refractivity (Wildman–Crippen MR) is 75.6 cm³/mol. The van der Waals surface area contributed by atoms with Gasteiger partial charge in [-0.2, -0.15) is 0 Å². The standard InChI is InChI=1S/C16H30O2/c1-14-12-15(17)10-8-6-4-2-3-5-7-9-11-16(18)13-14/h14-15,17H,2-13H2,1H3. The lowest BCUT2D eigenvalue weighted by atomic mass is 9.94. The molecule has 0 aliphatic heterocycles. The molecule has 106 valence electrons. The second kappa shape index (κ2) is 9.55. The Morgan fingerprint density at radius 1 is 0.944 bits per heavy atom. The molecule has 0 bridgehead atoms. The number of hydrogen-bond donors (Lipinski definition) is 1. The van der Waals surface area contributed by atoms with Crippen molar-refractivity contribution in [2.45, 2.75) is 90.1 Å². The molecule has 1 fully saturated rings. The maximum absolute atomic E-state index is 11.8. The van der Waals surface area contributed by atoms with Crippen LogP contribution in [0.2, 0.25) is 0 Å². The molecule has 1 saturated carbocycles. The first kappa shape index (κ1) is 15.7. The molecule has 1 aliphatic rings. The Balaban J connectivity index is 2.33. The predicted octanol–water partition coefficient (Wildman–Crippen LogP) is 4.25. The second-order valence-corrected chi connectivity index (χ2v) is 6.10. The van der Waals surface area contributed by atoms with Gasteiger partial charge < -0.3 is 5.11 Å². The number of carbonyl (C=O) groups is 1. The average Bonchev–Trinajstić information content (AvgIpc) is 2.30. The van der Waals surface area contributed by atoms with Gasteiger partial charge in [-0.1, -0.05) is 51.9 Å². The minimum absolute atomic E-state index is 0.196. The van der Waals surface area contributed by atoms with Crippen molar-refractivity contribution in [3.63, 3.8) is 0 Å². The molecule has 0 aromatic heterocycles. The van der Waals surface area contributed by atoms with Crippen molar-refractivity contribution in [2.24, 2.45) is 5.92 Å². The molecule has 1 N–H and O–H groups in total. The Morgan fingerprint density at radius 3 is 2.17 bits per heavy atom. The van der Waals surface area contributed by atoms with Gasteiger partial charge in [0, 0.05) is 12.8 Å². The van der Waals surface area contributed by atoms with Gasteiger partial charge in [0.25, 0.3) is 0 Å². The van der Waals surface area contributed by atoms with E-state index in [9.17, 15) is 9.90 Å². The van der Waals surface area contributed by atoms with E-state index in [-0.39, 0.29) is 6.10 Å². The minimum Gasteiger partial charge on any atom is -0.393 e. The summed E-state index contributed by atoms with van der Waals surface area (Å²) in [6.07, 6.45) is 12.8. The van der Waals surface area contributed by atoms with Gasteiger partial charge in [-0.15, -0.1) is 0 Å². The van der Waals surface area contributed by atoms with Crippen molar-refractivity contribution < 1.29 is 9.90 Å². The summed E-state index contributed by atoms with van der Waals surface area (Å²) in [4.78, 5) is 11.8. The van der Waals surface area contributed by atoms with Crippen LogP contribution in [0.5, 0.6) is 0 Å². The number of rotatable bonds is 0. The zero-order valence-corrected chi connectivity index (χ0v) is 12.0. The van der Waals surface area contributed by atoms with Crippen LogP contribution in [-0.2, 0) is 4.79 Å². The molecule has 0 saturated heterocycles. The summed E-state index contributed by atoms with van der Waals surface area (Å²) in [5, 5.41) is 9.92. The number of Topliss-reactive ketones (excluding diaryl/α,β-unsaturated/α-hetero) is 1. The van der Waals surface area contributed by atoms with E-state index in [0.717, 1.165) is 32.1 Å². The first-order valence-electron chi connectivity index (χ1n) is 7.88. The summed E-state index contributed by atoms with van der Waals surface area (Å²) < 4.78 is 0. The fourth-order valence-corrected chi connectivity index (χ4v) is 2.92. The van der Waals surface area contributed by atoms with Crippen molar-refractivity contribution in [1.29, 1.82) is 0 Å². The third-order valence-electron chi connectivity index (χ3n) is 3.99. The molecule has 0 aromatic carbocycles. The quantitative estimate of drug-likeness (QED) is 0.701. The number of ketones is 1. The Bertz CT molecular complexity index is 225. The maximum Gasteiger partial charge on any atom is 0.133 e. The minimum atomic E-state index is -0.196. The van der Waals surface area contributed by atoms with Crippen LogP contribution in [-0.4, -0.2) is 17.0 Å². The van der Waals surface area contributed by atoms with Crippen LogP contribution in [0.4, 0.5) is 0 Å². The number of hydrogen-bond acceptors (Lipinski definition) is 2. The number of aliphatic hydroxyl groups is 1. The summed E-state index contributed by atoms with van der Waals surface area (Å²) >= 11 is 0. The van der Waals surface area contributed by atoms with Crippen molar-refractivity contribution in [1.82, 2.24) is 0 Å². The summed E-state index contributed by atoms with van der Waals surface area (Å²) in [7, 11) is 0. The van der Waals surface area contributed by atoms with Crippen molar-refractivity contribution in [2.75, 3.05) is 0 Å². The first-order chi connectivity index (χ1) is 8.68. The van der Waals surface area contributed by atoms with Crippen molar-refractivity contribution in [3.8, 4) is 0 Å². The van der Waals surface area contributed by atoms with E-state index < -0.39 is 0 Å². The zero-order chi connectivity index (χ0) is 13.2. The van der Waals surface area contributed by atoms with Crippen LogP contribution in [0.25, 0.3) is 0 Å². The van der Waals surface area contributed by atoms with Gasteiger partial charge in [0.1, 0.15) is 5.78 Å². The molecular formula is C16H30O2. The van der Waals surface area contributed by atoms with E-state index in [1.54, 1.807) is 0 Å². The fraction of sp³-hybridized carbons (Fsp3) is 0.938. The molecule has 2 atom stereocenters. The van der Waals surface area contributed by atoms with Gasteiger partial charge in [-0.25, -0.2) is 0 Å². The summed E-state index contributed by atoms with van der Waals surface area (Å²) in [6, 6.07) is 0. The van der Waals surface area contributed by atoms with Crippen LogP contribution in [0.1, 0.15) is 84.0 Å². The highest BCUT2D eigenvalue weighted by molar-refractivity contribution is 5.78. The monoisotopic (exact) mass is 254 g/mol. The van der Waals surface area contributed by atoms with Crippen molar-refractivity contribution >= 4 is 5.78 Å². The molecule has 2 heteroatoms. The van der Waals surface area contributed by atoms with Crippen LogP contribution < -0.4 is 0 Å². The van der Waals surface area contributed by atoms with Crippen LogP contribution in [0.15, 0.2) is 0 Å². The Hall–Kier alpha value is -0.370. The third-order valence-corrected chi connectivity index (χ3v) is 3.99. The number of aliphatic hydroxyl groups excluding tert-OH is 1. The highest BCUT2D eigenvalue weighted by atomic mass is 16.3. The lowest BCUT2D eigenvalue weighted by Gasteiger charge is -2.15. The second-order valence-electron chi connectivity index (χ2n) is 6.10. The van der Waals surface area contributed by atoms with E-state index in [1.807, 2.05) is 0 Å². The molecule has 2 nitrogen and oxygen atoms in total. The first-order valence-corrected chi connectivity index (χ1v) is 7.88. The van der Waals surface area contributed by atoms with Gasteiger partial charge in [0.05, 0.1) is 6.10 Å². The molecule has 2 unspecified atom stereocenters. The van der Waals surface area contributed by atoms with Gasteiger partial charge in [0.2, 0.25) is 0 Å². The highest BCUT2D eigenvalue weighted by Crippen LogP contribution is 2.19. The Kier molecular flexibility index (Phi) is 8.32. The smallest absolute Gasteiger partial charge is 0.133 e. The summed E-state index contributed by atoms with van der Waals surface area (Å²) in [5.41, 5.74) is 0. The summed E-state index contributed by atoms with van der Waals surface area (Å²) in [5.74, 6) is 0.738. The average molecular weight is 254 g/mol. The number of carbonyl (C=O) groups excluding carboxylic acids is 1. The molecule has 0 spiro atoms. The van der Waals surface area contributed by atoms with Gasteiger partial charge in [-0.05, 0) is 25.2 Å². The van der Waals surface area contributed by atoms with Gasteiger partial charge in [0.15, 0.2) is 0 Å². The normalized spacial score (nSPS) is 30.4. The molecule has 1 rings (SSSR count). The molecule has 1 aliphatic carbocycles. The van der Waals surface area contributed by atoms with E-state index in [4.69, 9.17) is 0 Å². The lowest BCUT2D eigenvalue weighted by molar-refractivity contribution is -0.120. The molecule has 18 heavy (non-hydrogen) atoms. The molecule has 0 radical (unpaired) electrons. The fourth-order valence-electron chi connectivity index (χ4n) is 2.92. The molecule has 0 heterocycles. The topological polar surface area (TPSA) is 37.3 Å². The van der Waals surface area contributed by atoms with E-state index in [1.165, 1.54) is 38.5 Å². The maximum atomic E-state index is 11.8. The molecule has 0 amide bonds. The lowest BCUT2D eigenvalue weighted by Crippen LogP contribution is -2.14. The van der Waals surface area contributed by atoms with Gasteiger partial charge >= 0.3 is 0 Å². The Morgan fingerprint density at radius 2 is 1.50 bits per heavy atom. The SMILES string of the molecule is CC1CC(=O)CCCCCCCCCCC(O)C1. The molecular weight excluding hydrogens is 224 g/mol. The van der Waals surface area contributed by atoms with E-state index in [2.05, 4.69) is 6.92 Å². The zero-order valence-electron chi connectivity index (χ0n) is 12.0. The largest absolute Gasteiger partial charge is 0.393 e. The van der Waals surface area contributed by atoms with Crippen LogP contribution >= 0.6 is 0 Å². The Labute approximate surface area is 112 Å². The van der Waals surface area contributed by atoms with Gasteiger partial charge in [-0.3, -0.25) is 4.79 Å². The highest BCUT2D eigenvalue weighted by Gasteiger charge is 2.14.